The molecule has 1 N–H and O–H groups in total. The molecule has 21 heavy (non-hydrogen) atoms. The largest absolute Gasteiger partial charge is 0.376 e. The molecule has 2 aromatic carbocycles. The molecule has 5 heteroatoms. The Kier molecular flexibility index (Phi) is 3.68. The van der Waals surface area contributed by atoms with Gasteiger partial charge in [-0.2, -0.15) is 0 Å². The number of benzene rings is 2. The molecule has 108 valence electrons. The molecule has 1 heterocycles. The zero-order valence-corrected chi connectivity index (χ0v) is 12.9. The van der Waals surface area contributed by atoms with Crippen molar-refractivity contribution in [1.29, 1.82) is 0 Å². The van der Waals surface area contributed by atoms with Gasteiger partial charge >= 0.3 is 0 Å². The number of fused-ring (bicyclic) bond motifs is 1. The van der Waals surface area contributed by atoms with E-state index in [1.165, 1.54) is 12.1 Å². The summed E-state index contributed by atoms with van der Waals surface area (Å²) in [6, 6.07) is 10.4. The van der Waals surface area contributed by atoms with Crippen LogP contribution in [0.15, 0.2) is 47.1 Å². The number of hydrogen-bond donors (Lipinski definition) is 1. The van der Waals surface area contributed by atoms with Gasteiger partial charge in [-0.15, -0.1) is 0 Å². The topological polar surface area (TPSA) is 17.0 Å². The van der Waals surface area contributed by atoms with Crippen molar-refractivity contribution in [2.45, 2.75) is 6.54 Å². The first-order valence-corrected chi connectivity index (χ1v) is 7.27. The van der Waals surface area contributed by atoms with Crippen LogP contribution in [0.1, 0.15) is 5.56 Å². The normalized spacial score (nSPS) is 11.0. The molecule has 0 aliphatic heterocycles. The number of aromatic nitrogens is 1. The van der Waals surface area contributed by atoms with Crippen molar-refractivity contribution in [3.63, 3.8) is 0 Å². The van der Waals surface area contributed by atoms with Crippen LogP contribution < -0.4 is 5.32 Å². The third kappa shape index (κ3) is 2.65. The van der Waals surface area contributed by atoms with E-state index in [0.717, 1.165) is 16.5 Å². The van der Waals surface area contributed by atoms with E-state index < -0.39 is 11.6 Å². The number of nitrogens with one attached hydrogen (secondary N) is 1. The quantitative estimate of drug-likeness (QED) is 0.715. The smallest absolute Gasteiger partial charge is 0.150 e. The van der Waals surface area contributed by atoms with Gasteiger partial charge in [0.05, 0.1) is 0 Å². The minimum absolute atomic E-state index is 0.105. The van der Waals surface area contributed by atoms with E-state index in [4.69, 9.17) is 0 Å². The average Bonchev–Trinajstić information content (AvgIpc) is 2.75. The van der Waals surface area contributed by atoms with Gasteiger partial charge in [-0.1, -0.05) is 34.1 Å². The van der Waals surface area contributed by atoms with Gasteiger partial charge in [0.25, 0.3) is 0 Å². The first-order chi connectivity index (χ1) is 10.1. The summed E-state index contributed by atoms with van der Waals surface area (Å²) in [6.07, 6.45) is 1.96. The molecule has 0 amide bonds. The molecule has 0 radical (unpaired) electrons. The van der Waals surface area contributed by atoms with Crippen LogP contribution in [-0.4, -0.2) is 4.57 Å². The molecule has 3 rings (SSSR count). The molecule has 1 aromatic heterocycles. The molecule has 0 aliphatic carbocycles. The van der Waals surface area contributed by atoms with Gasteiger partial charge in [-0.3, -0.25) is 0 Å². The van der Waals surface area contributed by atoms with E-state index >= 15 is 0 Å². The van der Waals surface area contributed by atoms with Crippen molar-refractivity contribution in [3.05, 3.63) is 64.3 Å². The Hall–Kier alpha value is -1.88. The molecule has 3 aromatic rings. The van der Waals surface area contributed by atoms with Crippen molar-refractivity contribution < 1.29 is 8.78 Å². The fourth-order valence-electron chi connectivity index (χ4n) is 2.46. The average molecular weight is 351 g/mol. The van der Waals surface area contributed by atoms with Crippen molar-refractivity contribution in [1.82, 2.24) is 4.57 Å². The summed E-state index contributed by atoms with van der Waals surface area (Å²) in [6.45, 7) is 0.358. The molecular weight excluding hydrogens is 338 g/mol. The highest BCUT2D eigenvalue weighted by molar-refractivity contribution is 9.10. The Balaban J connectivity index is 1.91. The SMILES string of the molecule is Cn1cc(CNc2c(F)cc(Br)cc2F)c2ccccc21. The number of hydrogen-bond acceptors (Lipinski definition) is 1. The molecule has 0 unspecified atom stereocenters. The second-order valence-electron chi connectivity index (χ2n) is 4.88. The Morgan fingerprint density at radius 2 is 1.81 bits per heavy atom. The number of rotatable bonds is 3. The highest BCUT2D eigenvalue weighted by Crippen LogP contribution is 2.26. The third-order valence-corrected chi connectivity index (χ3v) is 3.90. The van der Waals surface area contributed by atoms with E-state index in [1.54, 1.807) is 0 Å². The van der Waals surface area contributed by atoms with Crippen LogP contribution in [0.3, 0.4) is 0 Å². The van der Waals surface area contributed by atoms with Crippen LogP contribution in [0.25, 0.3) is 10.9 Å². The highest BCUT2D eigenvalue weighted by atomic mass is 79.9. The summed E-state index contributed by atoms with van der Waals surface area (Å²) >= 11 is 3.07. The van der Waals surface area contributed by atoms with Crippen LogP contribution in [-0.2, 0) is 13.6 Å². The monoisotopic (exact) mass is 350 g/mol. The molecular formula is C16H13BrF2N2. The third-order valence-electron chi connectivity index (χ3n) is 3.44. The van der Waals surface area contributed by atoms with E-state index in [2.05, 4.69) is 21.2 Å². The molecule has 0 fully saturated rings. The van der Waals surface area contributed by atoms with Crippen LogP contribution in [0.2, 0.25) is 0 Å². The fourth-order valence-corrected chi connectivity index (χ4v) is 2.86. The Labute approximate surface area is 129 Å². The first kappa shape index (κ1) is 14.1. The van der Waals surface area contributed by atoms with E-state index in [-0.39, 0.29) is 5.69 Å². The minimum Gasteiger partial charge on any atom is -0.376 e. The van der Waals surface area contributed by atoms with Crippen molar-refractivity contribution >= 4 is 32.5 Å². The van der Waals surface area contributed by atoms with Crippen LogP contribution in [0.5, 0.6) is 0 Å². The number of anilines is 1. The molecule has 0 saturated carbocycles. The summed E-state index contributed by atoms with van der Waals surface area (Å²) in [5.41, 5.74) is 1.98. The lowest BCUT2D eigenvalue weighted by atomic mass is 10.1. The zero-order chi connectivity index (χ0) is 15.0. The Morgan fingerprint density at radius 3 is 2.52 bits per heavy atom. The van der Waals surface area contributed by atoms with Gasteiger partial charge in [-0.05, 0) is 23.8 Å². The minimum atomic E-state index is -0.609. The maximum Gasteiger partial charge on any atom is 0.150 e. The second-order valence-corrected chi connectivity index (χ2v) is 5.80. The van der Waals surface area contributed by atoms with E-state index in [1.807, 2.05) is 42.1 Å². The maximum atomic E-state index is 13.8. The summed E-state index contributed by atoms with van der Waals surface area (Å²) in [7, 11) is 1.95. The van der Waals surface area contributed by atoms with Crippen molar-refractivity contribution in [2.24, 2.45) is 7.05 Å². The molecule has 2 nitrogen and oxygen atoms in total. The van der Waals surface area contributed by atoms with Gasteiger partial charge in [0.15, 0.2) is 0 Å². The zero-order valence-electron chi connectivity index (χ0n) is 11.3. The number of para-hydroxylation sites is 1. The molecule has 0 bridgehead atoms. The summed E-state index contributed by atoms with van der Waals surface area (Å²) in [4.78, 5) is 0. The van der Waals surface area contributed by atoms with E-state index in [9.17, 15) is 8.78 Å². The molecule has 0 saturated heterocycles. The first-order valence-electron chi connectivity index (χ1n) is 6.47. The van der Waals surface area contributed by atoms with E-state index in [0.29, 0.717) is 11.0 Å². The lowest BCUT2D eigenvalue weighted by Crippen LogP contribution is -2.03. The number of nitrogens with zero attached hydrogens (tertiary/aromatic N) is 1. The predicted octanol–water partition coefficient (Wildman–Crippen LogP) is 4.83. The Morgan fingerprint density at radius 1 is 1.14 bits per heavy atom. The summed E-state index contributed by atoms with van der Waals surface area (Å²) in [5, 5.41) is 3.92. The summed E-state index contributed by atoms with van der Waals surface area (Å²) in [5.74, 6) is -1.22. The Bertz CT molecular complexity index is 788. The van der Waals surface area contributed by atoms with Crippen LogP contribution in [0, 0.1) is 11.6 Å². The fraction of sp³-hybridized carbons (Fsp3) is 0.125. The molecule has 0 aliphatic rings. The van der Waals surface area contributed by atoms with Crippen LogP contribution >= 0.6 is 15.9 Å². The molecule has 0 spiro atoms. The second kappa shape index (κ2) is 5.48. The predicted molar refractivity (Wildman–Crippen MR) is 84.3 cm³/mol. The van der Waals surface area contributed by atoms with Gasteiger partial charge < -0.3 is 9.88 Å². The van der Waals surface area contributed by atoms with Gasteiger partial charge in [-0.25, -0.2) is 8.78 Å². The standard InChI is InChI=1S/C16H13BrF2N2/c1-21-9-10(12-4-2-3-5-15(12)21)8-20-16-13(18)6-11(17)7-14(16)19/h2-7,9,20H,8H2,1H3. The lowest BCUT2D eigenvalue weighted by molar-refractivity contribution is 0.586. The molecule has 0 atom stereocenters. The number of halogens is 3. The highest BCUT2D eigenvalue weighted by Gasteiger charge is 2.12. The number of aryl methyl sites for hydroxylation is 1. The lowest BCUT2D eigenvalue weighted by Gasteiger charge is -2.08. The summed E-state index contributed by atoms with van der Waals surface area (Å²) < 4.78 is 30.0. The van der Waals surface area contributed by atoms with Crippen molar-refractivity contribution in [2.75, 3.05) is 5.32 Å². The van der Waals surface area contributed by atoms with Crippen LogP contribution in [0.4, 0.5) is 14.5 Å². The van der Waals surface area contributed by atoms with Crippen molar-refractivity contribution in [3.8, 4) is 0 Å². The van der Waals surface area contributed by atoms with Gasteiger partial charge in [0, 0.05) is 35.2 Å². The maximum absolute atomic E-state index is 13.8. The van der Waals surface area contributed by atoms with Gasteiger partial charge in [0.1, 0.15) is 17.3 Å². The van der Waals surface area contributed by atoms with Gasteiger partial charge in [0.2, 0.25) is 0 Å².